The first-order valence-corrected chi connectivity index (χ1v) is 6.03. The summed E-state index contributed by atoms with van der Waals surface area (Å²) in [6.45, 7) is -0.0440. The fraction of sp³-hybridized carbons (Fsp3) is 0.444. The molecular formula is C9H11O5S-. The lowest BCUT2D eigenvalue weighted by atomic mass is 10.2. The summed E-state index contributed by atoms with van der Waals surface area (Å²) < 4.78 is 35.4. The number of rotatable bonds is 5. The highest BCUT2D eigenvalue weighted by atomic mass is 32.2. The summed E-state index contributed by atoms with van der Waals surface area (Å²) in [6, 6.07) is 0. The number of allylic oxidation sites excluding steroid dienone is 3. The minimum Gasteiger partial charge on any atom is -0.748 e. The molecule has 0 bridgehead atoms. The van der Waals surface area contributed by atoms with Crippen molar-refractivity contribution in [2.75, 3.05) is 12.4 Å². The molecule has 0 heterocycles. The van der Waals surface area contributed by atoms with E-state index in [1.165, 1.54) is 0 Å². The van der Waals surface area contributed by atoms with E-state index in [2.05, 4.69) is 0 Å². The lowest BCUT2D eigenvalue weighted by Crippen LogP contribution is -2.12. The fourth-order valence-electron chi connectivity index (χ4n) is 1.09. The molecule has 0 aromatic rings. The first-order chi connectivity index (χ1) is 6.99. The van der Waals surface area contributed by atoms with Gasteiger partial charge in [-0.1, -0.05) is 18.2 Å². The molecule has 1 rings (SSSR count). The normalized spacial score (nSPS) is 15.1. The number of ether oxygens (including phenoxy) is 1. The minimum absolute atomic E-state index is 0.0400. The van der Waals surface area contributed by atoms with Crippen LogP contribution in [-0.2, 0) is 19.6 Å². The summed E-state index contributed by atoms with van der Waals surface area (Å²) in [5, 5.41) is 0. The van der Waals surface area contributed by atoms with Gasteiger partial charge in [0.2, 0.25) is 0 Å². The fourth-order valence-corrected chi connectivity index (χ4v) is 1.56. The molecule has 0 aromatic heterocycles. The van der Waals surface area contributed by atoms with Gasteiger partial charge in [0.25, 0.3) is 0 Å². The molecule has 1 aliphatic rings. The van der Waals surface area contributed by atoms with Gasteiger partial charge < -0.3 is 9.29 Å². The van der Waals surface area contributed by atoms with Crippen LogP contribution in [0.15, 0.2) is 23.8 Å². The molecule has 84 valence electrons. The van der Waals surface area contributed by atoms with Gasteiger partial charge in [-0.2, -0.15) is 0 Å². The van der Waals surface area contributed by atoms with Crippen molar-refractivity contribution in [1.82, 2.24) is 0 Å². The van der Waals surface area contributed by atoms with Crippen LogP contribution in [-0.4, -0.2) is 31.3 Å². The zero-order valence-corrected chi connectivity index (χ0v) is 8.83. The number of hydrogen-bond acceptors (Lipinski definition) is 5. The van der Waals surface area contributed by atoms with Gasteiger partial charge in [0.15, 0.2) is 0 Å². The third kappa shape index (κ3) is 4.75. The molecule has 0 saturated carbocycles. The SMILES string of the molecule is O=C(OCCCS(=O)(=O)[O-])C1=CC=CC1. The molecular weight excluding hydrogens is 220 g/mol. The molecule has 6 heteroatoms. The van der Waals surface area contributed by atoms with E-state index in [0.717, 1.165) is 0 Å². The van der Waals surface area contributed by atoms with Crippen LogP contribution in [0.1, 0.15) is 12.8 Å². The van der Waals surface area contributed by atoms with E-state index in [0.29, 0.717) is 12.0 Å². The molecule has 0 saturated heterocycles. The summed E-state index contributed by atoms with van der Waals surface area (Å²) in [5.41, 5.74) is 0.542. The summed E-state index contributed by atoms with van der Waals surface area (Å²) in [6.07, 6.45) is 5.79. The van der Waals surface area contributed by atoms with Crippen LogP contribution in [0.3, 0.4) is 0 Å². The van der Waals surface area contributed by atoms with E-state index < -0.39 is 21.8 Å². The summed E-state index contributed by atoms with van der Waals surface area (Å²) in [4.78, 5) is 11.2. The van der Waals surface area contributed by atoms with Gasteiger partial charge in [-0.05, 0) is 12.8 Å². The quantitative estimate of drug-likeness (QED) is 0.387. The van der Waals surface area contributed by atoms with Crippen molar-refractivity contribution in [1.29, 1.82) is 0 Å². The first-order valence-electron chi connectivity index (χ1n) is 4.45. The molecule has 0 aromatic carbocycles. The Hall–Kier alpha value is -1.14. The Labute approximate surface area is 88.2 Å². The number of carbonyl (C=O) groups excluding carboxylic acids is 1. The van der Waals surface area contributed by atoms with Crippen molar-refractivity contribution in [3.8, 4) is 0 Å². The van der Waals surface area contributed by atoms with E-state index in [1.54, 1.807) is 12.2 Å². The van der Waals surface area contributed by atoms with Crippen molar-refractivity contribution >= 4 is 16.1 Å². The smallest absolute Gasteiger partial charge is 0.334 e. The topological polar surface area (TPSA) is 83.5 Å². The van der Waals surface area contributed by atoms with Crippen LogP contribution in [0.5, 0.6) is 0 Å². The van der Waals surface area contributed by atoms with E-state index in [1.807, 2.05) is 6.08 Å². The largest absolute Gasteiger partial charge is 0.748 e. The monoisotopic (exact) mass is 231 g/mol. The summed E-state index contributed by atoms with van der Waals surface area (Å²) in [5.74, 6) is -0.958. The number of carbonyl (C=O) groups is 1. The molecule has 0 atom stereocenters. The molecule has 0 radical (unpaired) electrons. The predicted molar refractivity (Wildman–Crippen MR) is 52.0 cm³/mol. The summed E-state index contributed by atoms with van der Waals surface area (Å²) in [7, 11) is -4.21. The van der Waals surface area contributed by atoms with Gasteiger partial charge in [0, 0.05) is 11.3 Å². The molecule has 15 heavy (non-hydrogen) atoms. The van der Waals surface area contributed by atoms with Crippen molar-refractivity contribution in [2.45, 2.75) is 12.8 Å². The van der Waals surface area contributed by atoms with Crippen LogP contribution in [0.4, 0.5) is 0 Å². The molecule has 0 aliphatic heterocycles. The Kier molecular flexibility index (Phi) is 4.05. The molecule has 5 nitrogen and oxygen atoms in total. The van der Waals surface area contributed by atoms with Crippen molar-refractivity contribution in [3.63, 3.8) is 0 Å². The molecule has 0 amide bonds. The maximum absolute atomic E-state index is 11.2. The summed E-state index contributed by atoms with van der Waals surface area (Å²) >= 11 is 0. The minimum atomic E-state index is -4.21. The van der Waals surface area contributed by atoms with Crippen molar-refractivity contribution < 1.29 is 22.5 Å². The first kappa shape index (κ1) is 11.9. The zero-order chi connectivity index (χ0) is 11.3. The molecule has 0 spiro atoms. The maximum Gasteiger partial charge on any atom is 0.334 e. The third-order valence-electron chi connectivity index (χ3n) is 1.81. The van der Waals surface area contributed by atoms with Crippen molar-refractivity contribution in [2.24, 2.45) is 0 Å². The van der Waals surface area contributed by atoms with Gasteiger partial charge in [-0.3, -0.25) is 0 Å². The van der Waals surface area contributed by atoms with Crippen LogP contribution in [0.2, 0.25) is 0 Å². The highest BCUT2D eigenvalue weighted by Gasteiger charge is 2.11. The van der Waals surface area contributed by atoms with Gasteiger partial charge in [-0.15, -0.1) is 0 Å². The lowest BCUT2D eigenvalue weighted by Gasteiger charge is -2.07. The van der Waals surface area contributed by atoms with E-state index >= 15 is 0 Å². The Bertz CT molecular complexity index is 391. The van der Waals surface area contributed by atoms with E-state index in [9.17, 15) is 17.8 Å². The highest BCUT2D eigenvalue weighted by Crippen LogP contribution is 2.11. The Morgan fingerprint density at radius 2 is 2.27 bits per heavy atom. The predicted octanol–water partition coefficient (Wildman–Crippen LogP) is 0.351. The average molecular weight is 231 g/mol. The molecule has 0 fully saturated rings. The molecule has 0 N–H and O–H groups in total. The van der Waals surface area contributed by atoms with Crippen LogP contribution < -0.4 is 0 Å². The number of hydrogen-bond donors (Lipinski definition) is 0. The Morgan fingerprint density at radius 3 is 2.80 bits per heavy atom. The highest BCUT2D eigenvalue weighted by molar-refractivity contribution is 7.85. The standard InChI is InChI=1S/C9H12O5S/c10-9(8-4-1-2-5-8)14-6-3-7-15(11,12)13/h1-2,4H,3,5-7H2,(H,11,12,13)/p-1. The molecule has 1 aliphatic carbocycles. The van der Waals surface area contributed by atoms with Crippen LogP contribution >= 0.6 is 0 Å². The van der Waals surface area contributed by atoms with Gasteiger partial charge in [0.1, 0.15) is 0 Å². The second-order valence-electron chi connectivity index (χ2n) is 3.08. The Morgan fingerprint density at radius 1 is 1.53 bits per heavy atom. The average Bonchev–Trinajstić information content (AvgIpc) is 2.63. The number of esters is 1. The lowest BCUT2D eigenvalue weighted by molar-refractivity contribution is -0.139. The second kappa shape index (κ2) is 5.09. The van der Waals surface area contributed by atoms with Gasteiger partial charge >= 0.3 is 5.97 Å². The van der Waals surface area contributed by atoms with E-state index in [-0.39, 0.29) is 13.0 Å². The third-order valence-corrected chi connectivity index (χ3v) is 2.59. The van der Waals surface area contributed by atoms with E-state index in [4.69, 9.17) is 4.74 Å². The van der Waals surface area contributed by atoms with Crippen LogP contribution in [0.25, 0.3) is 0 Å². The van der Waals surface area contributed by atoms with Gasteiger partial charge in [0.05, 0.1) is 16.7 Å². The molecule has 0 unspecified atom stereocenters. The van der Waals surface area contributed by atoms with Crippen LogP contribution in [0, 0.1) is 0 Å². The second-order valence-corrected chi connectivity index (χ2v) is 4.60. The zero-order valence-electron chi connectivity index (χ0n) is 8.01. The Balaban J connectivity index is 2.18. The maximum atomic E-state index is 11.2. The van der Waals surface area contributed by atoms with Gasteiger partial charge in [-0.25, -0.2) is 13.2 Å². The van der Waals surface area contributed by atoms with Crippen molar-refractivity contribution in [3.05, 3.63) is 23.8 Å².